The summed E-state index contributed by atoms with van der Waals surface area (Å²) >= 11 is 6.30. The van der Waals surface area contributed by atoms with Crippen LogP contribution in [0.15, 0.2) is 54.6 Å². The van der Waals surface area contributed by atoms with Crippen LogP contribution in [0.5, 0.6) is 0 Å². The molecule has 2 aromatic carbocycles. The molecule has 2 heterocycles. The van der Waals surface area contributed by atoms with Crippen molar-refractivity contribution >= 4 is 33.5 Å². The van der Waals surface area contributed by atoms with Gasteiger partial charge in [0.05, 0.1) is 0 Å². The number of aromatic nitrogens is 3. The monoisotopic (exact) mass is 279 g/mol. The molecule has 0 aliphatic rings. The van der Waals surface area contributed by atoms with Crippen molar-refractivity contribution in [1.82, 2.24) is 15.0 Å². The van der Waals surface area contributed by atoms with E-state index in [1.807, 2.05) is 54.6 Å². The van der Waals surface area contributed by atoms with E-state index >= 15 is 0 Å². The van der Waals surface area contributed by atoms with Crippen molar-refractivity contribution in [2.24, 2.45) is 0 Å². The maximum atomic E-state index is 6.30. The van der Waals surface area contributed by atoms with Gasteiger partial charge in [0, 0.05) is 16.5 Å². The Morgan fingerprint density at radius 2 is 1.60 bits per heavy atom. The lowest BCUT2D eigenvalue weighted by Gasteiger charge is -2.01. The van der Waals surface area contributed by atoms with Crippen LogP contribution in [0.25, 0.3) is 33.3 Å². The van der Waals surface area contributed by atoms with Gasteiger partial charge in [0.1, 0.15) is 11.0 Å². The van der Waals surface area contributed by atoms with E-state index in [0.717, 1.165) is 27.5 Å². The molecule has 20 heavy (non-hydrogen) atoms. The summed E-state index contributed by atoms with van der Waals surface area (Å²) in [7, 11) is 0. The quantitative estimate of drug-likeness (QED) is 0.524. The van der Waals surface area contributed by atoms with E-state index in [1.165, 1.54) is 0 Å². The summed E-state index contributed by atoms with van der Waals surface area (Å²) in [5.41, 5.74) is 3.62. The van der Waals surface area contributed by atoms with E-state index in [0.29, 0.717) is 11.0 Å². The van der Waals surface area contributed by atoms with E-state index in [-0.39, 0.29) is 0 Å². The minimum atomic E-state index is 0.449. The lowest BCUT2D eigenvalue weighted by Crippen LogP contribution is -1.90. The third-order valence-electron chi connectivity index (χ3n) is 3.34. The third kappa shape index (κ3) is 1.67. The number of para-hydroxylation sites is 1. The van der Waals surface area contributed by atoms with Gasteiger partial charge in [-0.05, 0) is 6.07 Å². The fourth-order valence-electron chi connectivity index (χ4n) is 2.39. The van der Waals surface area contributed by atoms with Gasteiger partial charge in [-0.2, -0.15) is 0 Å². The Labute approximate surface area is 120 Å². The van der Waals surface area contributed by atoms with Crippen LogP contribution >= 0.6 is 11.6 Å². The van der Waals surface area contributed by atoms with Crippen LogP contribution in [0, 0.1) is 0 Å². The molecule has 1 N–H and O–H groups in total. The van der Waals surface area contributed by atoms with Crippen molar-refractivity contribution in [3.8, 4) is 11.4 Å². The second-order valence-electron chi connectivity index (χ2n) is 4.60. The van der Waals surface area contributed by atoms with E-state index < -0.39 is 0 Å². The maximum Gasteiger partial charge on any atom is 0.161 e. The van der Waals surface area contributed by atoms with Gasteiger partial charge in [-0.3, -0.25) is 0 Å². The molecule has 3 nitrogen and oxygen atoms in total. The highest BCUT2D eigenvalue weighted by Crippen LogP contribution is 2.29. The summed E-state index contributed by atoms with van der Waals surface area (Å²) in [6.45, 7) is 0. The first-order valence-electron chi connectivity index (χ1n) is 6.32. The highest BCUT2D eigenvalue weighted by atomic mass is 35.5. The van der Waals surface area contributed by atoms with Gasteiger partial charge < -0.3 is 4.98 Å². The molecule has 0 saturated heterocycles. The van der Waals surface area contributed by atoms with Crippen LogP contribution in [0.2, 0.25) is 5.15 Å². The normalized spacial score (nSPS) is 11.2. The van der Waals surface area contributed by atoms with Crippen molar-refractivity contribution < 1.29 is 0 Å². The predicted octanol–water partition coefficient (Wildman–Crippen LogP) is 4.43. The number of nitrogens with zero attached hydrogens (tertiary/aromatic N) is 2. The SMILES string of the molecule is Clc1nc(-c2ccccc2)nc2c1[nH]c1ccccc12. The second-order valence-corrected chi connectivity index (χ2v) is 4.96. The van der Waals surface area contributed by atoms with Crippen LogP contribution in [-0.2, 0) is 0 Å². The molecular formula is C16H10ClN3. The van der Waals surface area contributed by atoms with Gasteiger partial charge in [0.2, 0.25) is 0 Å². The predicted molar refractivity (Wildman–Crippen MR) is 81.8 cm³/mol. The standard InChI is InChI=1S/C16H10ClN3/c17-15-14-13(11-8-4-5-9-12(11)18-14)19-16(20-15)10-6-2-1-3-7-10/h1-9,18H. The molecule has 0 spiro atoms. The molecule has 96 valence electrons. The lowest BCUT2D eigenvalue weighted by molar-refractivity contribution is 1.22. The zero-order valence-corrected chi connectivity index (χ0v) is 11.2. The molecule has 0 aliphatic carbocycles. The Bertz CT molecular complexity index is 913. The highest BCUT2D eigenvalue weighted by molar-refractivity contribution is 6.34. The van der Waals surface area contributed by atoms with E-state index in [9.17, 15) is 0 Å². The van der Waals surface area contributed by atoms with E-state index in [4.69, 9.17) is 11.6 Å². The molecule has 0 unspecified atom stereocenters. The molecule has 0 radical (unpaired) electrons. The summed E-state index contributed by atoms with van der Waals surface area (Å²) in [6, 6.07) is 17.9. The zero-order chi connectivity index (χ0) is 13.5. The number of hydrogen-bond acceptors (Lipinski definition) is 2. The molecule has 0 bridgehead atoms. The maximum absolute atomic E-state index is 6.30. The average molecular weight is 280 g/mol. The lowest BCUT2D eigenvalue weighted by atomic mass is 10.2. The second kappa shape index (κ2) is 4.32. The van der Waals surface area contributed by atoms with Crippen LogP contribution in [0.1, 0.15) is 0 Å². The summed E-state index contributed by atoms with van der Waals surface area (Å²) in [4.78, 5) is 12.3. The molecule has 0 saturated carbocycles. The molecule has 4 aromatic rings. The van der Waals surface area contributed by atoms with Gasteiger partial charge in [0.15, 0.2) is 11.0 Å². The van der Waals surface area contributed by atoms with Crippen molar-refractivity contribution in [3.63, 3.8) is 0 Å². The smallest absolute Gasteiger partial charge is 0.161 e. The molecule has 4 rings (SSSR count). The number of benzene rings is 2. The summed E-state index contributed by atoms with van der Waals surface area (Å²) < 4.78 is 0. The number of hydrogen-bond donors (Lipinski definition) is 1. The largest absolute Gasteiger partial charge is 0.351 e. The topological polar surface area (TPSA) is 41.6 Å². The van der Waals surface area contributed by atoms with Gasteiger partial charge in [-0.15, -0.1) is 0 Å². The molecule has 4 heteroatoms. The zero-order valence-electron chi connectivity index (χ0n) is 10.5. The van der Waals surface area contributed by atoms with Gasteiger partial charge >= 0.3 is 0 Å². The molecular weight excluding hydrogens is 270 g/mol. The Balaban J connectivity index is 2.08. The van der Waals surface area contributed by atoms with Crippen molar-refractivity contribution in [3.05, 3.63) is 59.8 Å². The first-order chi connectivity index (χ1) is 9.83. The summed E-state index contributed by atoms with van der Waals surface area (Å²) in [6.07, 6.45) is 0. The number of fused-ring (bicyclic) bond motifs is 3. The fourth-order valence-corrected chi connectivity index (χ4v) is 2.61. The minimum Gasteiger partial charge on any atom is -0.351 e. The first kappa shape index (κ1) is 11.4. The van der Waals surface area contributed by atoms with E-state index in [1.54, 1.807) is 0 Å². The fraction of sp³-hybridized carbons (Fsp3) is 0. The minimum absolute atomic E-state index is 0.449. The van der Waals surface area contributed by atoms with Crippen LogP contribution < -0.4 is 0 Å². The third-order valence-corrected chi connectivity index (χ3v) is 3.61. The summed E-state index contributed by atoms with van der Waals surface area (Å²) in [5.74, 6) is 0.646. The van der Waals surface area contributed by atoms with Gasteiger partial charge in [-0.25, -0.2) is 9.97 Å². The first-order valence-corrected chi connectivity index (χ1v) is 6.70. The molecule has 0 atom stereocenters. The van der Waals surface area contributed by atoms with Gasteiger partial charge in [0.25, 0.3) is 0 Å². The number of H-pyrrole nitrogens is 1. The van der Waals surface area contributed by atoms with Crippen molar-refractivity contribution in [2.45, 2.75) is 0 Å². The Kier molecular flexibility index (Phi) is 2.47. The van der Waals surface area contributed by atoms with Crippen molar-refractivity contribution in [1.29, 1.82) is 0 Å². The number of aromatic amines is 1. The highest BCUT2D eigenvalue weighted by Gasteiger charge is 2.12. The molecule has 0 fully saturated rings. The van der Waals surface area contributed by atoms with Crippen LogP contribution in [-0.4, -0.2) is 15.0 Å². The summed E-state index contributed by atoms with van der Waals surface area (Å²) in [5, 5.41) is 1.51. The number of rotatable bonds is 1. The number of halogens is 1. The molecule has 2 aromatic heterocycles. The van der Waals surface area contributed by atoms with Gasteiger partial charge in [-0.1, -0.05) is 60.1 Å². The molecule has 0 amide bonds. The number of nitrogens with one attached hydrogen (secondary N) is 1. The Hall–Kier alpha value is -2.39. The van der Waals surface area contributed by atoms with Crippen LogP contribution in [0.4, 0.5) is 0 Å². The Morgan fingerprint density at radius 1 is 0.850 bits per heavy atom. The molecule has 0 aliphatic heterocycles. The van der Waals surface area contributed by atoms with E-state index in [2.05, 4.69) is 15.0 Å². The Morgan fingerprint density at radius 3 is 2.45 bits per heavy atom. The van der Waals surface area contributed by atoms with Crippen molar-refractivity contribution in [2.75, 3.05) is 0 Å². The average Bonchev–Trinajstić information content (AvgIpc) is 2.88. The van der Waals surface area contributed by atoms with Crippen LogP contribution in [0.3, 0.4) is 0 Å².